The lowest BCUT2D eigenvalue weighted by molar-refractivity contribution is 0.252. The van der Waals surface area contributed by atoms with Crippen molar-refractivity contribution < 1.29 is 8.78 Å². The van der Waals surface area contributed by atoms with Crippen molar-refractivity contribution in [3.05, 3.63) is 29.8 Å². The third-order valence-corrected chi connectivity index (χ3v) is 5.11. The fraction of sp³-hybridized carbons (Fsp3) is 0.647. The van der Waals surface area contributed by atoms with Crippen LogP contribution < -0.4 is 0 Å². The molecular formula is C17H24F2S. The summed E-state index contributed by atoms with van der Waals surface area (Å²) in [7, 11) is 0. The van der Waals surface area contributed by atoms with E-state index in [1.807, 2.05) is 24.3 Å². The van der Waals surface area contributed by atoms with Gasteiger partial charge in [0.1, 0.15) is 0 Å². The number of halogens is 2. The topological polar surface area (TPSA) is 0 Å². The molecule has 0 heterocycles. The van der Waals surface area contributed by atoms with Gasteiger partial charge < -0.3 is 0 Å². The maximum atomic E-state index is 12.3. The van der Waals surface area contributed by atoms with E-state index in [-0.39, 0.29) is 0 Å². The van der Waals surface area contributed by atoms with Gasteiger partial charge in [-0.2, -0.15) is 8.78 Å². The maximum Gasteiger partial charge on any atom is 0.288 e. The number of hydrogen-bond acceptors (Lipinski definition) is 1. The molecule has 20 heavy (non-hydrogen) atoms. The molecule has 0 aliphatic heterocycles. The zero-order valence-corrected chi connectivity index (χ0v) is 13.0. The highest BCUT2D eigenvalue weighted by Gasteiger charge is 2.21. The average molecular weight is 298 g/mol. The Kier molecular flexibility index (Phi) is 6.34. The number of benzene rings is 1. The van der Waals surface area contributed by atoms with Gasteiger partial charge in [-0.25, -0.2) is 0 Å². The number of rotatable bonds is 6. The Morgan fingerprint density at radius 2 is 1.75 bits per heavy atom. The first-order valence-electron chi connectivity index (χ1n) is 7.73. The minimum Gasteiger partial charge on any atom is -0.198 e. The van der Waals surface area contributed by atoms with Crippen molar-refractivity contribution in [1.29, 1.82) is 0 Å². The van der Waals surface area contributed by atoms with Crippen LogP contribution in [0.1, 0.15) is 63.4 Å². The molecule has 2 rings (SSSR count). The second-order valence-electron chi connectivity index (χ2n) is 5.81. The highest BCUT2D eigenvalue weighted by molar-refractivity contribution is 7.99. The van der Waals surface area contributed by atoms with E-state index < -0.39 is 5.76 Å². The molecule has 0 bridgehead atoms. The Morgan fingerprint density at radius 3 is 2.30 bits per heavy atom. The first kappa shape index (κ1) is 15.8. The molecule has 0 spiro atoms. The van der Waals surface area contributed by atoms with Gasteiger partial charge in [0, 0.05) is 4.90 Å². The van der Waals surface area contributed by atoms with Crippen molar-refractivity contribution in [3.63, 3.8) is 0 Å². The average Bonchev–Trinajstić information content (AvgIpc) is 2.46. The lowest BCUT2D eigenvalue weighted by atomic mass is 9.77. The summed E-state index contributed by atoms with van der Waals surface area (Å²) < 4.78 is 24.6. The minimum absolute atomic E-state index is 0.630. The molecule has 3 heteroatoms. The molecule has 0 aromatic heterocycles. The van der Waals surface area contributed by atoms with Crippen molar-refractivity contribution in [1.82, 2.24) is 0 Å². The van der Waals surface area contributed by atoms with Gasteiger partial charge in [-0.1, -0.05) is 50.1 Å². The molecule has 1 aliphatic carbocycles. The highest BCUT2D eigenvalue weighted by Crippen LogP contribution is 2.38. The molecule has 0 nitrogen and oxygen atoms in total. The van der Waals surface area contributed by atoms with E-state index in [0.29, 0.717) is 22.6 Å². The number of hydrogen-bond donors (Lipinski definition) is 0. The molecule has 0 N–H and O–H groups in total. The number of unbranched alkanes of at least 4 members (excludes halogenated alkanes) is 1. The van der Waals surface area contributed by atoms with Gasteiger partial charge in [0.25, 0.3) is 5.76 Å². The third-order valence-electron chi connectivity index (χ3n) is 4.39. The predicted octanol–water partition coefficient (Wildman–Crippen LogP) is 6.47. The van der Waals surface area contributed by atoms with Crippen LogP contribution >= 0.6 is 11.8 Å². The summed E-state index contributed by atoms with van der Waals surface area (Å²) >= 11 is 0.630. The van der Waals surface area contributed by atoms with Crippen molar-refractivity contribution in [3.8, 4) is 0 Å². The third kappa shape index (κ3) is 4.76. The summed E-state index contributed by atoms with van der Waals surface area (Å²) in [5.41, 5.74) is 1.33. The second-order valence-corrected chi connectivity index (χ2v) is 6.87. The molecule has 1 aromatic carbocycles. The van der Waals surface area contributed by atoms with E-state index in [4.69, 9.17) is 0 Å². The monoisotopic (exact) mass is 298 g/mol. The van der Waals surface area contributed by atoms with E-state index in [1.165, 1.54) is 50.5 Å². The Hall–Kier alpha value is -0.570. The Balaban J connectivity index is 1.84. The molecule has 0 saturated heterocycles. The van der Waals surface area contributed by atoms with Crippen LogP contribution in [0.25, 0.3) is 0 Å². The van der Waals surface area contributed by atoms with Crippen molar-refractivity contribution >= 4 is 11.8 Å². The van der Waals surface area contributed by atoms with Gasteiger partial charge in [-0.05, 0) is 55.2 Å². The van der Waals surface area contributed by atoms with Gasteiger partial charge in [-0.15, -0.1) is 0 Å². The SMILES string of the molecule is CCCCC1CCC(c2ccc(SC(F)F)cc2)CC1. The molecule has 112 valence electrons. The molecule has 1 aromatic rings. The van der Waals surface area contributed by atoms with E-state index in [2.05, 4.69) is 6.92 Å². The van der Waals surface area contributed by atoms with Crippen molar-refractivity contribution in [2.24, 2.45) is 5.92 Å². The van der Waals surface area contributed by atoms with Crippen LogP contribution in [0, 0.1) is 5.92 Å². The molecule has 1 fully saturated rings. The Morgan fingerprint density at radius 1 is 1.10 bits per heavy atom. The summed E-state index contributed by atoms with van der Waals surface area (Å²) in [6.07, 6.45) is 9.22. The zero-order chi connectivity index (χ0) is 14.4. The maximum absolute atomic E-state index is 12.3. The quantitative estimate of drug-likeness (QED) is 0.543. The predicted molar refractivity (Wildman–Crippen MR) is 82.5 cm³/mol. The molecule has 0 unspecified atom stereocenters. The Labute approximate surface area is 125 Å². The van der Waals surface area contributed by atoms with Gasteiger partial charge in [0.05, 0.1) is 0 Å². The number of alkyl halides is 2. The van der Waals surface area contributed by atoms with Gasteiger partial charge in [-0.3, -0.25) is 0 Å². The van der Waals surface area contributed by atoms with Crippen LogP contribution in [-0.2, 0) is 0 Å². The van der Waals surface area contributed by atoms with Crippen molar-refractivity contribution in [2.75, 3.05) is 0 Å². The van der Waals surface area contributed by atoms with Crippen LogP contribution in [0.5, 0.6) is 0 Å². The standard InChI is InChI=1S/C17H24F2S/c1-2-3-4-13-5-7-14(8-6-13)15-9-11-16(12-10-15)20-17(18)19/h9-14,17H,2-8H2,1H3. The Bertz CT molecular complexity index is 380. The smallest absolute Gasteiger partial charge is 0.198 e. The van der Waals surface area contributed by atoms with Crippen molar-refractivity contribution in [2.45, 2.75) is 68.4 Å². The van der Waals surface area contributed by atoms with E-state index in [9.17, 15) is 8.78 Å². The summed E-state index contributed by atoms with van der Waals surface area (Å²) in [6.45, 7) is 2.25. The zero-order valence-electron chi connectivity index (χ0n) is 12.2. The van der Waals surface area contributed by atoms with Gasteiger partial charge in [0.15, 0.2) is 0 Å². The first-order valence-corrected chi connectivity index (χ1v) is 8.61. The largest absolute Gasteiger partial charge is 0.288 e. The van der Waals surface area contributed by atoms with Crippen LogP contribution in [0.4, 0.5) is 8.78 Å². The van der Waals surface area contributed by atoms with Crippen LogP contribution in [0.2, 0.25) is 0 Å². The van der Waals surface area contributed by atoms with Crippen LogP contribution in [-0.4, -0.2) is 5.76 Å². The first-order chi connectivity index (χ1) is 9.69. The van der Waals surface area contributed by atoms with Gasteiger partial charge in [0.2, 0.25) is 0 Å². The van der Waals surface area contributed by atoms with Gasteiger partial charge >= 0.3 is 0 Å². The van der Waals surface area contributed by atoms with E-state index in [0.717, 1.165) is 5.92 Å². The lowest BCUT2D eigenvalue weighted by Crippen LogP contribution is -2.13. The summed E-state index contributed by atoms with van der Waals surface area (Å²) in [4.78, 5) is 0.667. The fourth-order valence-corrected chi connectivity index (χ4v) is 3.70. The fourth-order valence-electron chi connectivity index (χ4n) is 3.20. The van der Waals surface area contributed by atoms with E-state index in [1.54, 1.807) is 0 Å². The van der Waals surface area contributed by atoms with E-state index >= 15 is 0 Å². The molecule has 1 aliphatic rings. The summed E-state index contributed by atoms with van der Waals surface area (Å²) in [5, 5.41) is 0. The number of thioether (sulfide) groups is 1. The molecule has 0 radical (unpaired) electrons. The highest BCUT2D eigenvalue weighted by atomic mass is 32.2. The normalized spacial score (nSPS) is 23.2. The van der Waals surface area contributed by atoms with Crippen LogP contribution in [0.15, 0.2) is 29.2 Å². The molecule has 0 amide bonds. The summed E-state index contributed by atoms with van der Waals surface area (Å²) in [5.74, 6) is -0.770. The molecule has 1 saturated carbocycles. The molecule has 0 atom stereocenters. The minimum atomic E-state index is -2.32. The van der Waals surface area contributed by atoms with Crippen LogP contribution in [0.3, 0.4) is 0 Å². The summed E-state index contributed by atoms with van der Waals surface area (Å²) in [6, 6.07) is 7.77. The second kappa shape index (κ2) is 8.02. The lowest BCUT2D eigenvalue weighted by Gasteiger charge is -2.28. The molecular weight excluding hydrogens is 274 g/mol.